The normalized spacial score (nSPS) is 21.0. The summed E-state index contributed by atoms with van der Waals surface area (Å²) in [4.78, 5) is 0. The van der Waals surface area contributed by atoms with Gasteiger partial charge in [-0.05, 0) is 19.3 Å². The van der Waals surface area contributed by atoms with Crippen molar-refractivity contribution in [1.82, 2.24) is 5.32 Å². The molecule has 1 N–H and O–H groups in total. The molecule has 0 amide bonds. The summed E-state index contributed by atoms with van der Waals surface area (Å²) in [6.45, 7) is 4.35. The summed E-state index contributed by atoms with van der Waals surface area (Å²) >= 11 is 0. The largest absolute Gasteiger partial charge is 0.310 e. The second-order valence-electron chi connectivity index (χ2n) is 2.76. The lowest BCUT2D eigenvalue weighted by molar-refractivity contribution is 0.568. The number of nitrogens with one attached hydrogen (secondary N) is 1. The van der Waals surface area contributed by atoms with E-state index >= 15 is 0 Å². The summed E-state index contributed by atoms with van der Waals surface area (Å²) in [5, 5.41) is 3.41. The number of rotatable bonds is 3. The minimum absolute atomic E-state index is 0.810. The van der Waals surface area contributed by atoms with E-state index in [1.165, 1.54) is 25.7 Å². The SMILES string of the molecule is CC[CH]NC1CCCC1. The van der Waals surface area contributed by atoms with Gasteiger partial charge in [-0.1, -0.05) is 19.8 Å². The van der Waals surface area contributed by atoms with Crippen molar-refractivity contribution >= 4 is 0 Å². The van der Waals surface area contributed by atoms with Gasteiger partial charge in [-0.2, -0.15) is 0 Å². The molecule has 0 aromatic carbocycles. The average molecular weight is 126 g/mol. The molecular weight excluding hydrogens is 110 g/mol. The first-order valence-corrected chi connectivity index (χ1v) is 4.01. The lowest BCUT2D eigenvalue weighted by atomic mass is 10.2. The summed E-state index contributed by atoms with van der Waals surface area (Å²) in [6, 6.07) is 0.810. The molecule has 53 valence electrons. The minimum Gasteiger partial charge on any atom is -0.310 e. The van der Waals surface area contributed by atoms with E-state index in [0.717, 1.165) is 12.5 Å². The Labute approximate surface area is 57.8 Å². The van der Waals surface area contributed by atoms with Crippen molar-refractivity contribution < 1.29 is 0 Å². The Bertz CT molecular complexity index is 65.0. The summed E-state index contributed by atoms with van der Waals surface area (Å²) in [5.74, 6) is 0. The third-order valence-corrected chi connectivity index (χ3v) is 1.91. The zero-order valence-corrected chi connectivity index (χ0v) is 6.19. The van der Waals surface area contributed by atoms with Crippen LogP contribution in [0.3, 0.4) is 0 Å². The van der Waals surface area contributed by atoms with Gasteiger partial charge in [-0.25, -0.2) is 0 Å². The Morgan fingerprint density at radius 1 is 1.44 bits per heavy atom. The van der Waals surface area contributed by atoms with Gasteiger partial charge in [0.1, 0.15) is 0 Å². The highest BCUT2D eigenvalue weighted by atomic mass is 14.9. The highest BCUT2D eigenvalue weighted by molar-refractivity contribution is 4.76. The van der Waals surface area contributed by atoms with Crippen molar-refractivity contribution in [3.05, 3.63) is 6.54 Å². The Hall–Kier alpha value is -0.0400. The molecule has 0 unspecified atom stereocenters. The first-order valence-electron chi connectivity index (χ1n) is 4.01. The minimum atomic E-state index is 0.810. The molecule has 0 spiro atoms. The third-order valence-electron chi connectivity index (χ3n) is 1.91. The van der Waals surface area contributed by atoms with Crippen molar-refractivity contribution in [3.8, 4) is 0 Å². The van der Waals surface area contributed by atoms with Gasteiger partial charge in [0.25, 0.3) is 0 Å². The highest BCUT2D eigenvalue weighted by Gasteiger charge is 2.12. The molecule has 0 heterocycles. The van der Waals surface area contributed by atoms with Gasteiger partial charge in [0, 0.05) is 12.6 Å². The summed E-state index contributed by atoms with van der Waals surface area (Å²) < 4.78 is 0. The number of hydrogen-bond acceptors (Lipinski definition) is 1. The van der Waals surface area contributed by atoms with Crippen LogP contribution in [0.2, 0.25) is 0 Å². The van der Waals surface area contributed by atoms with Crippen molar-refractivity contribution in [3.63, 3.8) is 0 Å². The van der Waals surface area contributed by atoms with E-state index in [1.54, 1.807) is 0 Å². The van der Waals surface area contributed by atoms with Crippen molar-refractivity contribution in [2.45, 2.75) is 45.1 Å². The topological polar surface area (TPSA) is 12.0 Å². The van der Waals surface area contributed by atoms with E-state index in [-0.39, 0.29) is 0 Å². The average Bonchev–Trinajstić information content (AvgIpc) is 2.34. The molecule has 1 fully saturated rings. The van der Waals surface area contributed by atoms with Crippen molar-refractivity contribution in [1.29, 1.82) is 0 Å². The second kappa shape index (κ2) is 3.89. The molecule has 9 heavy (non-hydrogen) atoms. The molecule has 1 aliphatic carbocycles. The van der Waals surface area contributed by atoms with Crippen LogP contribution in [0, 0.1) is 6.54 Å². The fourth-order valence-corrected chi connectivity index (χ4v) is 1.38. The van der Waals surface area contributed by atoms with Crippen LogP contribution in [0.4, 0.5) is 0 Å². The fraction of sp³-hybridized carbons (Fsp3) is 0.875. The summed E-state index contributed by atoms with van der Waals surface area (Å²) in [7, 11) is 0. The standard InChI is InChI=1S/C8H16N/c1-2-7-9-8-5-3-4-6-8/h7-9H,2-6H2,1H3. The van der Waals surface area contributed by atoms with E-state index in [1.807, 2.05) is 0 Å². The first kappa shape index (κ1) is 7.07. The zero-order chi connectivity index (χ0) is 6.53. The van der Waals surface area contributed by atoms with Crippen molar-refractivity contribution in [2.24, 2.45) is 0 Å². The first-order chi connectivity index (χ1) is 4.43. The van der Waals surface area contributed by atoms with Crippen molar-refractivity contribution in [2.75, 3.05) is 0 Å². The van der Waals surface area contributed by atoms with Gasteiger partial charge < -0.3 is 5.32 Å². The predicted octanol–water partition coefficient (Wildman–Crippen LogP) is 2.09. The second-order valence-corrected chi connectivity index (χ2v) is 2.76. The Kier molecular flexibility index (Phi) is 3.05. The zero-order valence-electron chi connectivity index (χ0n) is 6.19. The molecule has 1 saturated carbocycles. The maximum atomic E-state index is 3.41. The van der Waals surface area contributed by atoms with E-state index in [9.17, 15) is 0 Å². The van der Waals surface area contributed by atoms with E-state index in [0.29, 0.717) is 0 Å². The molecule has 1 aliphatic rings. The Balaban J connectivity index is 1.98. The molecule has 0 aromatic heterocycles. The van der Waals surface area contributed by atoms with Crippen LogP contribution in [-0.2, 0) is 0 Å². The predicted molar refractivity (Wildman–Crippen MR) is 40.0 cm³/mol. The summed E-state index contributed by atoms with van der Waals surface area (Å²) in [5.41, 5.74) is 0. The maximum Gasteiger partial charge on any atom is 0.0221 e. The van der Waals surface area contributed by atoms with Crippen LogP contribution in [0.15, 0.2) is 0 Å². The number of hydrogen-bond donors (Lipinski definition) is 1. The van der Waals surface area contributed by atoms with Crippen LogP contribution < -0.4 is 5.32 Å². The molecule has 1 heteroatoms. The van der Waals surface area contributed by atoms with Crippen LogP contribution in [0.5, 0.6) is 0 Å². The smallest absolute Gasteiger partial charge is 0.0221 e. The van der Waals surface area contributed by atoms with Gasteiger partial charge in [-0.3, -0.25) is 0 Å². The van der Waals surface area contributed by atoms with E-state index in [4.69, 9.17) is 0 Å². The molecule has 1 radical (unpaired) electrons. The highest BCUT2D eigenvalue weighted by Crippen LogP contribution is 2.17. The van der Waals surface area contributed by atoms with Gasteiger partial charge in [-0.15, -0.1) is 0 Å². The summed E-state index contributed by atoms with van der Waals surface area (Å²) in [6.07, 6.45) is 6.77. The van der Waals surface area contributed by atoms with Crippen LogP contribution in [0.25, 0.3) is 0 Å². The van der Waals surface area contributed by atoms with E-state index < -0.39 is 0 Å². The maximum absolute atomic E-state index is 3.41. The van der Waals surface area contributed by atoms with Gasteiger partial charge >= 0.3 is 0 Å². The third kappa shape index (κ3) is 2.35. The lowest BCUT2D eigenvalue weighted by Gasteiger charge is -2.08. The molecule has 0 atom stereocenters. The molecule has 1 nitrogen and oxygen atoms in total. The molecule has 0 bridgehead atoms. The Morgan fingerprint density at radius 3 is 2.67 bits per heavy atom. The molecule has 1 rings (SSSR count). The Morgan fingerprint density at radius 2 is 2.11 bits per heavy atom. The molecule has 0 aliphatic heterocycles. The lowest BCUT2D eigenvalue weighted by Crippen LogP contribution is -2.22. The monoisotopic (exact) mass is 126 g/mol. The fourth-order valence-electron chi connectivity index (χ4n) is 1.38. The van der Waals surface area contributed by atoms with Crippen LogP contribution in [-0.4, -0.2) is 6.04 Å². The van der Waals surface area contributed by atoms with E-state index in [2.05, 4.69) is 18.8 Å². The van der Waals surface area contributed by atoms with Gasteiger partial charge in [0.15, 0.2) is 0 Å². The quantitative estimate of drug-likeness (QED) is 0.610. The molecule has 0 aromatic rings. The van der Waals surface area contributed by atoms with Crippen LogP contribution >= 0.6 is 0 Å². The molecular formula is C8H16N. The van der Waals surface area contributed by atoms with Gasteiger partial charge in [0.05, 0.1) is 0 Å². The van der Waals surface area contributed by atoms with Crippen LogP contribution in [0.1, 0.15) is 39.0 Å². The molecule has 0 saturated heterocycles. The van der Waals surface area contributed by atoms with Gasteiger partial charge in [0.2, 0.25) is 0 Å².